The van der Waals surface area contributed by atoms with E-state index in [9.17, 15) is 9.59 Å². The summed E-state index contributed by atoms with van der Waals surface area (Å²) < 4.78 is 0. The fourth-order valence-electron chi connectivity index (χ4n) is 2.35. The van der Waals surface area contributed by atoms with E-state index in [-0.39, 0.29) is 6.03 Å². The second kappa shape index (κ2) is 6.88. The predicted octanol–water partition coefficient (Wildman–Crippen LogP) is 2.44. The molecule has 6 heteroatoms. The van der Waals surface area contributed by atoms with E-state index in [0.29, 0.717) is 17.3 Å². The summed E-state index contributed by atoms with van der Waals surface area (Å²) in [5.74, 6) is -0.0761. The molecule has 0 spiro atoms. The van der Waals surface area contributed by atoms with Crippen LogP contribution in [0, 0.1) is 5.92 Å². The van der Waals surface area contributed by atoms with Crippen LogP contribution < -0.4 is 5.32 Å². The highest BCUT2D eigenvalue weighted by atomic mass is 16.4. The Hall–Kier alpha value is -2.37. The van der Waals surface area contributed by atoms with E-state index in [1.807, 2.05) is 0 Å². The van der Waals surface area contributed by atoms with Gasteiger partial charge in [0.1, 0.15) is 5.82 Å². The van der Waals surface area contributed by atoms with E-state index < -0.39 is 5.97 Å². The molecule has 1 aromatic heterocycles. The van der Waals surface area contributed by atoms with Crippen LogP contribution in [0.25, 0.3) is 6.08 Å². The van der Waals surface area contributed by atoms with Gasteiger partial charge in [-0.3, -0.25) is 5.32 Å². The van der Waals surface area contributed by atoms with E-state index in [0.717, 1.165) is 32.0 Å². The van der Waals surface area contributed by atoms with Gasteiger partial charge in [0.05, 0.1) is 0 Å². The predicted molar refractivity (Wildman–Crippen MR) is 79.9 cm³/mol. The zero-order chi connectivity index (χ0) is 15.2. The normalized spacial score (nSPS) is 18.7. The number of amides is 2. The second-order valence-electron chi connectivity index (χ2n) is 5.27. The Morgan fingerprint density at radius 3 is 3.05 bits per heavy atom. The lowest BCUT2D eigenvalue weighted by Gasteiger charge is -2.30. The topological polar surface area (TPSA) is 82.5 Å². The number of hydrogen-bond donors (Lipinski definition) is 2. The molecular formula is C15H19N3O3. The smallest absolute Gasteiger partial charge is 0.328 e. The number of hydrogen-bond acceptors (Lipinski definition) is 3. The van der Waals surface area contributed by atoms with Crippen LogP contribution >= 0.6 is 0 Å². The number of rotatable bonds is 3. The molecule has 2 rings (SSSR count). The van der Waals surface area contributed by atoms with Crippen LogP contribution in [0.4, 0.5) is 10.6 Å². The first kappa shape index (κ1) is 15.0. The minimum atomic E-state index is -1.01. The third kappa shape index (κ3) is 4.59. The molecule has 0 saturated carbocycles. The highest BCUT2D eigenvalue weighted by molar-refractivity contribution is 5.89. The van der Waals surface area contributed by atoms with E-state index in [1.54, 1.807) is 17.0 Å². The molecule has 2 amide bonds. The van der Waals surface area contributed by atoms with Crippen LogP contribution in [0.3, 0.4) is 0 Å². The largest absolute Gasteiger partial charge is 0.478 e. The molecule has 0 aliphatic carbocycles. The summed E-state index contributed by atoms with van der Waals surface area (Å²) in [5, 5.41) is 11.4. The number of pyridine rings is 1. The Labute approximate surface area is 123 Å². The number of carboxylic acid groups (broad SMARTS) is 1. The molecule has 1 atom stereocenters. The number of aromatic nitrogens is 1. The molecule has 1 aromatic rings. The second-order valence-corrected chi connectivity index (χ2v) is 5.27. The van der Waals surface area contributed by atoms with Gasteiger partial charge in [-0.15, -0.1) is 0 Å². The summed E-state index contributed by atoms with van der Waals surface area (Å²) in [4.78, 5) is 28.5. The molecule has 1 unspecified atom stereocenters. The number of urea groups is 1. The van der Waals surface area contributed by atoms with Crippen molar-refractivity contribution in [3.05, 3.63) is 30.0 Å². The van der Waals surface area contributed by atoms with Gasteiger partial charge in [-0.1, -0.05) is 6.92 Å². The molecule has 6 nitrogen and oxygen atoms in total. The van der Waals surface area contributed by atoms with Crippen LogP contribution in [0.15, 0.2) is 24.4 Å². The average molecular weight is 289 g/mol. The van der Waals surface area contributed by atoms with Gasteiger partial charge in [-0.25, -0.2) is 14.6 Å². The molecule has 2 N–H and O–H groups in total. The first-order chi connectivity index (χ1) is 10.0. The Balaban J connectivity index is 2.00. The monoisotopic (exact) mass is 289 g/mol. The summed E-state index contributed by atoms with van der Waals surface area (Å²) in [6, 6.07) is 3.16. The van der Waals surface area contributed by atoms with Gasteiger partial charge in [0.25, 0.3) is 0 Å². The molecule has 2 heterocycles. The van der Waals surface area contributed by atoms with Crippen LogP contribution in [-0.2, 0) is 4.79 Å². The molecule has 21 heavy (non-hydrogen) atoms. The summed E-state index contributed by atoms with van der Waals surface area (Å²) >= 11 is 0. The summed E-state index contributed by atoms with van der Waals surface area (Å²) in [7, 11) is 0. The minimum absolute atomic E-state index is 0.159. The van der Waals surface area contributed by atoms with Crippen molar-refractivity contribution in [3.63, 3.8) is 0 Å². The SMILES string of the molecule is CC1CCCN(C(=O)Nc2cc(/C=C/C(=O)O)ccn2)C1. The summed E-state index contributed by atoms with van der Waals surface area (Å²) in [5.41, 5.74) is 0.676. The van der Waals surface area contributed by atoms with Gasteiger partial charge in [0, 0.05) is 25.4 Å². The van der Waals surface area contributed by atoms with Crippen molar-refractivity contribution in [2.24, 2.45) is 5.92 Å². The van der Waals surface area contributed by atoms with Crippen LogP contribution in [0.1, 0.15) is 25.3 Å². The van der Waals surface area contributed by atoms with Crippen LogP contribution in [-0.4, -0.2) is 40.1 Å². The standard InChI is InChI=1S/C15H19N3O3/c1-11-3-2-8-18(10-11)15(21)17-13-9-12(6-7-16-13)4-5-14(19)20/h4-7,9,11H,2-3,8,10H2,1H3,(H,19,20)(H,16,17,21)/b5-4+. The quantitative estimate of drug-likeness (QED) is 0.837. The van der Waals surface area contributed by atoms with Gasteiger partial charge in [-0.2, -0.15) is 0 Å². The Kier molecular flexibility index (Phi) is 4.92. The fourth-order valence-corrected chi connectivity index (χ4v) is 2.35. The number of carboxylic acids is 1. The molecule has 0 bridgehead atoms. The summed E-state index contributed by atoms with van der Waals surface area (Å²) in [6.07, 6.45) is 6.22. The molecule has 1 fully saturated rings. The average Bonchev–Trinajstić information content (AvgIpc) is 2.45. The third-order valence-corrected chi connectivity index (χ3v) is 3.38. The van der Waals surface area contributed by atoms with E-state index >= 15 is 0 Å². The molecule has 0 aromatic carbocycles. The Bertz CT molecular complexity index is 557. The molecule has 1 saturated heterocycles. The van der Waals surface area contributed by atoms with Gasteiger partial charge in [0.2, 0.25) is 0 Å². The molecule has 1 aliphatic rings. The Morgan fingerprint density at radius 2 is 2.33 bits per heavy atom. The lowest BCUT2D eigenvalue weighted by molar-refractivity contribution is -0.131. The minimum Gasteiger partial charge on any atom is -0.478 e. The van der Waals surface area contributed by atoms with E-state index in [4.69, 9.17) is 5.11 Å². The third-order valence-electron chi connectivity index (χ3n) is 3.38. The molecular weight excluding hydrogens is 270 g/mol. The number of nitrogens with zero attached hydrogens (tertiary/aromatic N) is 2. The molecule has 1 aliphatic heterocycles. The number of likely N-dealkylation sites (tertiary alicyclic amines) is 1. The first-order valence-electron chi connectivity index (χ1n) is 6.97. The lowest BCUT2D eigenvalue weighted by Crippen LogP contribution is -2.41. The van der Waals surface area contributed by atoms with Gasteiger partial charge >= 0.3 is 12.0 Å². The maximum Gasteiger partial charge on any atom is 0.328 e. The van der Waals surface area contributed by atoms with Crippen molar-refractivity contribution >= 4 is 23.9 Å². The van der Waals surface area contributed by atoms with Crippen molar-refractivity contribution in [2.45, 2.75) is 19.8 Å². The van der Waals surface area contributed by atoms with Crippen molar-refractivity contribution in [2.75, 3.05) is 18.4 Å². The molecule has 0 radical (unpaired) electrons. The summed E-state index contributed by atoms with van der Waals surface area (Å²) in [6.45, 7) is 3.65. The first-order valence-corrected chi connectivity index (χ1v) is 6.97. The van der Waals surface area contributed by atoms with E-state index in [1.165, 1.54) is 12.3 Å². The number of carbonyl (C=O) groups is 2. The van der Waals surface area contributed by atoms with Crippen molar-refractivity contribution in [3.8, 4) is 0 Å². The van der Waals surface area contributed by atoms with Crippen molar-refractivity contribution in [1.82, 2.24) is 9.88 Å². The van der Waals surface area contributed by atoms with Gasteiger partial charge < -0.3 is 10.0 Å². The number of aliphatic carboxylic acids is 1. The number of piperidine rings is 1. The van der Waals surface area contributed by atoms with Gasteiger partial charge in [-0.05, 0) is 42.5 Å². The number of anilines is 1. The lowest BCUT2D eigenvalue weighted by atomic mass is 10.0. The highest BCUT2D eigenvalue weighted by Gasteiger charge is 2.21. The van der Waals surface area contributed by atoms with Gasteiger partial charge in [0.15, 0.2) is 0 Å². The zero-order valence-electron chi connectivity index (χ0n) is 12.0. The highest BCUT2D eigenvalue weighted by Crippen LogP contribution is 2.17. The number of nitrogens with one attached hydrogen (secondary N) is 1. The molecule has 112 valence electrons. The Morgan fingerprint density at radius 1 is 1.52 bits per heavy atom. The van der Waals surface area contributed by atoms with E-state index in [2.05, 4.69) is 17.2 Å². The maximum atomic E-state index is 12.2. The van der Waals surface area contributed by atoms with Crippen molar-refractivity contribution in [1.29, 1.82) is 0 Å². The van der Waals surface area contributed by atoms with Crippen LogP contribution in [0.2, 0.25) is 0 Å². The van der Waals surface area contributed by atoms with Crippen LogP contribution in [0.5, 0.6) is 0 Å². The van der Waals surface area contributed by atoms with Crippen molar-refractivity contribution < 1.29 is 14.7 Å². The zero-order valence-corrected chi connectivity index (χ0v) is 12.0. The number of carbonyl (C=O) groups excluding carboxylic acids is 1. The fraction of sp³-hybridized carbons (Fsp3) is 0.400. The maximum absolute atomic E-state index is 12.2.